The average molecular weight is 257 g/mol. The number of benzene rings is 1. The fourth-order valence-corrected chi connectivity index (χ4v) is 2.95. The second kappa shape index (κ2) is 3.99. The quantitative estimate of drug-likeness (QED) is 0.599. The summed E-state index contributed by atoms with van der Waals surface area (Å²) in [4.78, 5) is 9.92. The van der Waals surface area contributed by atoms with E-state index in [0.29, 0.717) is 5.75 Å². The van der Waals surface area contributed by atoms with Crippen molar-refractivity contribution in [2.75, 3.05) is 5.75 Å². The number of nitro benzene ring substituents is 1. The first kappa shape index (κ1) is 11.8. The van der Waals surface area contributed by atoms with Gasteiger partial charge in [0.15, 0.2) is 9.84 Å². The van der Waals surface area contributed by atoms with E-state index in [1.165, 1.54) is 24.3 Å². The van der Waals surface area contributed by atoms with E-state index in [9.17, 15) is 18.5 Å². The van der Waals surface area contributed by atoms with Gasteiger partial charge >= 0.3 is 0 Å². The maximum Gasteiger partial charge on any atom is 0.269 e. The fraction of sp³-hybridized carbons (Fsp3) is 0.400. The molecule has 0 amide bonds. The Morgan fingerprint density at radius 3 is 2.35 bits per heavy atom. The molecule has 0 bridgehead atoms. The molecule has 1 fully saturated rings. The lowest BCUT2D eigenvalue weighted by Gasteiger charge is -2.33. The van der Waals surface area contributed by atoms with Crippen LogP contribution in [0.15, 0.2) is 24.3 Å². The van der Waals surface area contributed by atoms with Crippen LogP contribution >= 0.6 is 0 Å². The van der Waals surface area contributed by atoms with Crippen molar-refractivity contribution in [3.8, 4) is 5.75 Å². The molecular formula is C10H11NO5S. The fourth-order valence-electron chi connectivity index (χ4n) is 1.58. The average Bonchev–Trinajstić information content (AvgIpc) is 2.28. The predicted octanol–water partition coefficient (Wildman–Crippen LogP) is 1.16. The molecule has 0 saturated carbocycles. The highest BCUT2D eigenvalue weighted by atomic mass is 32.2. The highest BCUT2D eigenvalue weighted by Gasteiger charge is 2.44. The summed E-state index contributed by atoms with van der Waals surface area (Å²) < 4.78 is 27.8. The minimum atomic E-state index is -2.98. The van der Waals surface area contributed by atoms with Crippen LogP contribution in [0.5, 0.6) is 5.75 Å². The number of non-ortho nitro benzene ring substituents is 1. The van der Waals surface area contributed by atoms with E-state index < -0.39 is 20.0 Å². The summed E-state index contributed by atoms with van der Waals surface area (Å²) in [7, 11) is -2.98. The van der Waals surface area contributed by atoms with Crippen LogP contribution in [0, 0.1) is 10.1 Å². The summed E-state index contributed by atoms with van der Waals surface area (Å²) in [6.45, 7) is 1.59. The lowest BCUT2D eigenvalue weighted by atomic mass is 10.2. The van der Waals surface area contributed by atoms with Crippen molar-refractivity contribution >= 4 is 15.5 Å². The SMILES string of the molecule is CC1C(Oc2ccc([N+](=O)[O-])cc2)CS1(=O)=O. The van der Waals surface area contributed by atoms with Gasteiger partial charge in [0.2, 0.25) is 0 Å². The van der Waals surface area contributed by atoms with Gasteiger partial charge in [0.1, 0.15) is 11.9 Å². The standard InChI is InChI=1S/C10H11NO5S/c1-7-10(6-17(7,14)15)16-9-4-2-8(3-5-9)11(12)13/h2-5,7,10H,6H2,1H3. The molecule has 0 aliphatic carbocycles. The highest BCUT2D eigenvalue weighted by molar-refractivity contribution is 7.93. The highest BCUT2D eigenvalue weighted by Crippen LogP contribution is 2.27. The van der Waals surface area contributed by atoms with Gasteiger partial charge in [-0.05, 0) is 19.1 Å². The third-order valence-electron chi connectivity index (χ3n) is 2.82. The minimum absolute atomic E-state index is 0.00511. The van der Waals surface area contributed by atoms with Gasteiger partial charge in [-0.15, -0.1) is 0 Å². The van der Waals surface area contributed by atoms with E-state index in [1.807, 2.05) is 0 Å². The molecule has 17 heavy (non-hydrogen) atoms. The van der Waals surface area contributed by atoms with Crippen LogP contribution < -0.4 is 4.74 Å². The van der Waals surface area contributed by atoms with Crippen molar-refractivity contribution in [2.24, 2.45) is 0 Å². The van der Waals surface area contributed by atoms with Crippen molar-refractivity contribution in [3.63, 3.8) is 0 Å². The Kier molecular flexibility index (Phi) is 2.78. The van der Waals surface area contributed by atoms with Crippen LogP contribution in [-0.2, 0) is 9.84 Å². The van der Waals surface area contributed by atoms with Crippen molar-refractivity contribution in [1.29, 1.82) is 0 Å². The Balaban J connectivity index is 2.04. The van der Waals surface area contributed by atoms with Crippen molar-refractivity contribution in [3.05, 3.63) is 34.4 Å². The molecule has 0 radical (unpaired) electrons. The zero-order valence-corrected chi connectivity index (χ0v) is 9.88. The van der Waals surface area contributed by atoms with Crippen LogP contribution in [0.4, 0.5) is 5.69 Å². The molecule has 0 aromatic heterocycles. The number of nitro groups is 1. The van der Waals surface area contributed by atoms with Crippen LogP contribution in [0.3, 0.4) is 0 Å². The largest absolute Gasteiger partial charge is 0.488 e. The van der Waals surface area contributed by atoms with Crippen molar-refractivity contribution in [2.45, 2.75) is 18.3 Å². The third-order valence-corrected chi connectivity index (χ3v) is 5.05. The van der Waals surface area contributed by atoms with Crippen molar-refractivity contribution < 1.29 is 18.1 Å². The maximum absolute atomic E-state index is 11.2. The van der Waals surface area contributed by atoms with Gasteiger partial charge in [-0.3, -0.25) is 10.1 Å². The smallest absolute Gasteiger partial charge is 0.269 e. The van der Waals surface area contributed by atoms with E-state index in [1.54, 1.807) is 6.92 Å². The molecule has 6 nitrogen and oxygen atoms in total. The second-order valence-electron chi connectivity index (χ2n) is 3.94. The molecule has 1 aliphatic rings. The summed E-state index contributed by atoms with van der Waals surface area (Å²) in [6.07, 6.45) is -0.360. The summed E-state index contributed by atoms with van der Waals surface area (Å²) >= 11 is 0. The molecule has 1 aromatic rings. The number of hydrogen-bond donors (Lipinski definition) is 0. The van der Waals surface area contributed by atoms with E-state index in [0.717, 1.165) is 0 Å². The molecule has 1 aliphatic heterocycles. The first-order valence-electron chi connectivity index (χ1n) is 5.03. The number of hydrogen-bond acceptors (Lipinski definition) is 5. The summed E-state index contributed by atoms with van der Waals surface area (Å²) in [5, 5.41) is 9.91. The summed E-state index contributed by atoms with van der Waals surface area (Å²) in [6, 6.07) is 5.59. The van der Waals surface area contributed by atoms with Crippen LogP contribution in [0.1, 0.15) is 6.92 Å². The molecule has 7 heteroatoms. The van der Waals surface area contributed by atoms with E-state index >= 15 is 0 Å². The second-order valence-corrected chi connectivity index (χ2v) is 6.34. The van der Waals surface area contributed by atoms with E-state index in [-0.39, 0.29) is 17.5 Å². The first-order chi connectivity index (χ1) is 7.90. The zero-order chi connectivity index (χ0) is 12.6. The molecule has 1 aromatic carbocycles. The summed E-state index contributed by atoms with van der Waals surface area (Å²) in [5.41, 5.74) is -0.0216. The molecule has 2 rings (SSSR count). The van der Waals surface area contributed by atoms with Crippen LogP contribution in [-0.4, -0.2) is 30.4 Å². The molecule has 0 spiro atoms. The number of rotatable bonds is 3. The van der Waals surface area contributed by atoms with Gasteiger partial charge in [0, 0.05) is 12.1 Å². The number of nitrogens with zero attached hydrogens (tertiary/aromatic N) is 1. The summed E-state index contributed by atoms with van der Waals surface area (Å²) in [5.74, 6) is 0.452. The van der Waals surface area contributed by atoms with Crippen molar-refractivity contribution in [1.82, 2.24) is 0 Å². The number of sulfone groups is 1. The topological polar surface area (TPSA) is 86.5 Å². The van der Waals surface area contributed by atoms with E-state index in [4.69, 9.17) is 4.74 Å². The Hall–Kier alpha value is -1.63. The van der Waals surface area contributed by atoms with Gasteiger partial charge in [-0.2, -0.15) is 0 Å². The third kappa shape index (κ3) is 2.23. The van der Waals surface area contributed by atoms with Gasteiger partial charge in [0.25, 0.3) is 5.69 Å². The molecule has 1 saturated heterocycles. The molecular weight excluding hydrogens is 246 g/mol. The normalized spacial score (nSPS) is 25.9. The van der Waals surface area contributed by atoms with Crippen LogP contribution in [0.25, 0.3) is 0 Å². The molecule has 92 valence electrons. The number of ether oxygens (including phenoxy) is 1. The van der Waals surface area contributed by atoms with Gasteiger partial charge < -0.3 is 4.74 Å². The van der Waals surface area contributed by atoms with Gasteiger partial charge in [-0.1, -0.05) is 0 Å². The zero-order valence-electron chi connectivity index (χ0n) is 9.07. The van der Waals surface area contributed by atoms with Gasteiger partial charge in [-0.25, -0.2) is 8.42 Å². The Morgan fingerprint density at radius 2 is 1.94 bits per heavy atom. The minimum Gasteiger partial charge on any atom is -0.488 e. The molecule has 2 unspecified atom stereocenters. The molecule has 0 N–H and O–H groups in total. The Bertz CT molecular complexity index is 536. The van der Waals surface area contributed by atoms with E-state index in [2.05, 4.69) is 0 Å². The molecule has 2 atom stereocenters. The molecule has 1 heterocycles. The Morgan fingerprint density at radius 1 is 1.35 bits per heavy atom. The lowest BCUT2D eigenvalue weighted by Crippen LogP contribution is -2.53. The lowest BCUT2D eigenvalue weighted by molar-refractivity contribution is -0.384. The Labute approximate surface area is 98.3 Å². The monoisotopic (exact) mass is 257 g/mol. The maximum atomic E-state index is 11.2. The van der Waals surface area contributed by atoms with Gasteiger partial charge in [0.05, 0.1) is 15.9 Å². The predicted molar refractivity (Wildman–Crippen MR) is 60.8 cm³/mol. The van der Waals surface area contributed by atoms with Crippen LogP contribution in [0.2, 0.25) is 0 Å². The first-order valence-corrected chi connectivity index (χ1v) is 6.74.